The molecule has 2 aromatic rings. The van der Waals surface area contributed by atoms with Crippen molar-refractivity contribution in [2.75, 3.05) is 7.11 Å². The van der Waals surface area contributed by atoms with Gasteiger partial charge in [-0.3, -0.25) is 5.10 Å². The Hall–Kier alpha value is -1.81. The summed E-state index contributed by atoms with van der Waals surface area (Å²) in [5, 5.41) is 10.4. The van der Waals surface area contributed by atoms with Crippen molar-refractivity contribution in [3.63, 3.8) is 0 Å². The molecule has 2 N–H and O–H groups in total. The Morgan fingerprint density at radius 3 is 2.68 bits per heavy atom. The van der Waals surface area contributed by atoms with Gasteiger partial charge < -0.3 is 10.1 Å². The number of aromatic amines is 1. The molecule has 0 amide bonds. The lowest BCUT2D eigenvalue weighted by Crippen LogP contribution is -2.22. The smallest absolute Gasteiger partial charge is 0.123 e. The Morgan fingerprint density at radius 1 is 1.26 bits per heavy atom. The molecule has 0 aliphatic heterocycles. The molecule has 1 aromatic carbocycles. The molecule has 0 radical (unpaired) electrons. The third-order valence-corrected chi connectivity index (χ3v) is 3.37. The number of benzene rings is 1. The number of rotatable bonds is 5. The van der Waals surface area contributed by atoms with Gasteiger partial charge in [0.2, 0.25) is 0 Å². The number of aryl methyl sites for hydroxylation is 1. The number of hydrogen-bond donors (Lipinski definition) is 2. The van der Waals surface area contributed by atoms with E-state index in [-0.39, 0.29) is 12.1 Å². The van der Waals surface area contributed by atoms with E-state index in [1.54, 1.807) is 7.11 Å². The molecule has 1 heterocycles. The minimum Gasteiger partial charge on any atom is -0.496 e. The van der Waals surface area contributed by atoms with Crippen LogP contribution < -0.4 is 10.1 Å². The maximum absolute atomic E-state index is 5.44. The summed E-state index contributed by atoms with van der Waals surface area (Å²) in [5.41, 5.74) is 3.57. The van der Waals surface area contributed by atoms with Crippen LogP contribution in [0.15, 0.2) is 30.6 Å². The second kappa shape index (κ2) is 5.89. The van der Waals surface area contributed by atoms with E-state index in [9.17, 15) is 0 Å². The summed E-state index contributed by atoms with van der Waals surface area (Å²) in [6.07, 6.45) is 3.76. The van der Waals surface area contributed by atoms with E-state index in [2.05, 4.69) is 48.4 Å². The molecule has 1 aromatic heterocycles. The highest BCUT2D eigenvalue weighted by Gasteiger charge is 2.15. The second-order valence-electron chi connectivity index (χ2n) is 4.89. The van der Waals surface area contributed by atoms with Gasteiger partial charge in [0, 0.05) is 29.4 Å². The van der Waals surface area contributed by atoms with Gasteiger partial charge in [-0.2, -0.15) is 5.10 Å². The number of H-pyrrole nitrogens is 1. The van der Waals surface area contributed by atoms with Gasteiger partial charge in [-0.25, -0.2) is 0 Å². The highest BCUT2D eigenvalue weighted by molar-refractivity contribution is 5.39. The summed E-state index contributed by atoms with van der Waals surface area (Å²) in [6.45, 7) is 6.37. The molecule has 0 fully saturated rings. The lowest BCUT2D eigenvalue weighted by atomic mass is 10.0. The molecule has 2 rings (SSSR count). The fourth-order valence-electron chi connectivity index (χ4n) is 2.25. The molecular weight excluding hydrogens is 238 g/mol. The number of ether oxygens (including phenoxy) is 1. The van der Waals surface area contributed by atoms with E-state index in [0.717, 1.165) is 11.3 Å². The molecular formula is C15H21N3O. The Morgan fingerprint density at radius 2 is 2.05 bits per heavy atom. The minimum absolute atomic E-state index is 0.208. The Balaban J connectivity index is 2.15. The molecule has 19 heavy (non-hydrogen) atoms. The molecule has 0 spiro atoms. The van der Waals surface area contributed by atoms with E-state index in [1.165, 1.54) is 11.1 Å². The van der Waals surface area contributed by atoms with Gasteiger partial charge in [-0.1, -0.05) is 17.7 Å². The summed E-state index contributed by atoms with van der Waals surface area (Å²) < 4.78 is 5.44. The lowest BCUT2D eigenvalue weighted by molar-refractivity contribution is 0.396. The van der Waals surface area contributed by atoms with Crippen LogP contribution in [0.3, 0.4) is 0 Å². The molecule has 0 saturated heterocycles. The first-order valence-electron chi connectivity index (χ1n) is 6.51. The molecule has 0 saturated carbocycles. The summed E-state index contributed by atoms with van der Waals surface area (Å²) in [7, 11) is 1.71. The van der Waals surface area contributed by atoms with Gasteiger partial charge >= 0.3 is 0 Å². The number of nitrogens with zero attached hydrogens (tertiary/aromatic N) is 1. The van der Waals surface area contributed by atoms with Gasteiger partial charge in [0.25, 0.3) is 0 Å². The highest BCUT2D eigenvalue weighted by Crippen LogP contribution is 2.27. The van der Waals surface area contributed by atoms with Crippen LogP contribution in [0, 0.1) is 6.92 Å². The minimum atomic E-state index is 0.208. The fourth-order valence-corrected chi connectivity index (χ4v) is 2.25. The summed E-state index contributed by atoms with van der Waals surface area (Å²) in [4.78, 5) is 0. The first-order chi connectivity index (χ1) is 9.11. The van der Waals surface area contributed by atoms with E-state index in [1.807, 2.05) is 18.5 Å². The second-order valence-corrected chi connectivity index (χ2v) is 4.89. The van der Waals surface area contributed by atoms with Crippen LogP contribution in [0.25, 0.3) is 0 Å². The average Bonchev–Trinajstić information content (AvgIpc) is 2.92. The van der Waals surface area contributed by atoms with Crippen LogP contribution in [-0.2, 0) is 0 Å². The van der Waals surface area contributed by atoms with Crippen molar-refractivity contribution in [3.8, 4) is 5.75 Å². The Bertz CT molecular complexity index is 522. The van der Waals surface area contributed by atoms with E-state index < -0.39 is 0 Å². The van der Waals surface area contributed by atoms with E-state index >= 15 is 0 Å². The zero-order valence-corrected chi connectivity index (χ0v) is 11.9. The van der Waals surface area contributed by atoms with Crippen LogP contribution in [0.1, 0.15) is 42.6 Å². The fraction of sp³-hybridized carbons (Fsp3) is 0.400. The van der Waals surface area contributed by atoms with Gasteiger partial charge in [-0.15, -0.1) is 0 Å². The third-order valence-electron chi connectivity index (χ3n) is 3.37. The number of aromatic nitrogens is 2. The summed E-state index contributed by atoms with van der Waals surface area (Å²) in [6, 6.07) is 6.69. The first kappa shape index (κ1) is 13.6. The molecule has 0 bridgehead atoms. The zero-order valence-electron chi connectivity index (χ0n) is 11.9. The molecule has 2 unspecified atom stereocenters. The van der Waals surface area contributed by atoms with Crippen LogP contribution in [-0.4, -0.2) is 17.3 Å². The Kier molecular flexibility index (Phi) is 4.22. The molecule has 4 heteroatoms. The van der Waals surface area contributed by atoms with Crippen molar-refractivity contribution in [2.24, 2.45) is 0 Å². The molecule has 4 nitrogen and oxygen atoms in total. The maximum Gasteiger partial charge on any atom is 0.123 e. The third kappa shape index (κ3) is 3.15. The van der Waals surface area contributed by atoms with Crippen molar-refractivity contribution in [2.45, 2.75) is 32.9 Å². The van der Waals surface area contributed by atoms with Crippen molar-refractivity contribution >= 4 is 0 Å². The lowest BCUT2D eigenvalue weighted by Gasteiger charge is -2.21. The van der Waals surface area contributed by atoms with E-state index in [0.29, 0.717) is 0 Å². The average molecular weight is 259 g/mol. The maximum atomic E-state index is 5.44. The van der Waals surface area contributed by atoms with Crippen molar-refractivity contribution in [1.29, 1.82) is 0 Å². The standard InChI is InChI=1S/C15H21N3O/c1-10-5-6-15(19-4)14(7-10)12(3)18-11(2)13-8-16-17-9-13/h5-9,11-12,18H,1-4H3,(H,16,17). The largest absolute Gasteiger partial charge is 0.496 e. The monoisotopic (exact) mass is 259 g/mol. The molecule has 0 aliphatic rings. The Labute approximate surface area is 114 Å². The zero-order chi connectivity index (χ0) is 13.8. The number of methoxy groups -OCH3 is 1. The molecule has 102 valence electrons. The van der Waals surface area contributed by atoms with Crippen LogP contribution in [0.2, 0.25) is 0 Å². The predicted molar refractivity (Wildman–Crippen MR) is 76.3 cm³/mol. The van der Waals surface area contributed by atoms with Crippen LogP contribution >= 0.6 is 0 Å². The summed E-state index contributed by atoms with van der Waals surface area (Å²) >= 11 is 0. The SMILES string of the molecule is COc1ccc(C)cc1C(C)NC(C)c1cn[nH]c1. The number of nitrogens with one attached hydrogen (secondary N) is 2. The molecule has 2 atom stereocenters. The molecule has 0 aliphatic carbocycles. The first-order valence-corrected chi connectivity index (χ1v) is 6.51. The highest BCUT2D eigenvalue weighted by atomic mass is 16.5. The van der Waals surface area contributed by atoms with Crippen molar-refractivity contribution in [1.82, 2.24) is 15.5 Å². The van der Waals surface area contributed by atoms with Crippen LogP contribution in [0.5, 0.6) is 5.75 Å². The van der Waals surface area contributed by atoms with Gasteiger partial charge in [-0.05, 0) is 26.8 Å². The van der Waals surface area contributed by atoms with Gasteiger partial charge in [0.05, 0.1) is 13.3 Å². The van der Waals surface area contributed by atoms with Crippen molar-refractivity contribution in [3.05, 3.63) is 47.3 Å². The van der Waals surface area contributed by atoms with E-state index in [4.69, 9.17) is 4.74 Å². The van der Waals surface area contributed by atoms with Gasteiger partial charge in [0.15, 0.2) is 0 Å². The predicted octanol–water partition coefficient (Wildman–Crippen LogP) is 3.14. The number of hydrogen-bond acceptors (Lipinski definition) is 3. The summed E-state index contributed by atoms with van der Waals surface area (Å²) in [5.74, 6) is 0.921. The quantitative estimate of drug-likeness (QED) is 0.867. The van der Waals surface area contributed by atoms with Crippen LogP contribution in [0.4, 0.5) is 0 Å². The van der Waals surface area contributed by atoms with Crippen molar-refractivity contribution < 1.29 is 4.74 Å². The van der Waals surface area contributed by atoms with Gasteiger partial charge in [0.1, 0.15) is 5.75 Å². The topological polar surface area (TPSA) is 49.9 Å². The normalized spacial score (nSPS) is 14.1.